The third-order valence-corrected chi connectivity index (χ3v) is 6.09. The van der Waals surface area contributed by atoms with Crippen molar-refractivity contribution in [2.45, 2.75) is 70.5 Å². The van der Waals surface area contributed by atoms with Crippen molar-refractivity contribution in [1.82, 2.24) is 20.2 Å². The molecule has 3 fully saturated rings. The van der Waals surface area contributed by atoms with E-state index in [9.17, 15) is 4.79 Å². The van der Waals surface area contributed by atoms with Crippen LogP contribution in [0.1, 0.15) is 52.4 Å². The lowest BCUT2D eigenvalue weighted by Crippen LogP contribution is -2.51. The van der Waals surface area contributed by atoms with Crippen LogP contribution >= 0.6 is 0 Å². The van der Waals surface area contributed by atoms with Crippen LogP contribution in [0.3, 0.4) is 0 Å². The number of hydrogen-bond acceptors (Lipinski definition) is 6. The summed E-state index contributed by atoms with van der Waals surface area (Å²) in [7, 11) is 0. The summed E-state index contributed by atoms with van der Waals surface area (Å²) in [6, 6.07) is 3.33. The molecule has 3 aliphatic rings. The van der Waals surface area contributed by atoms with Crippen molar-refractivity contribution in [2.24, 2.45) is 5.92 Å². The standard InChI is InChI=1S/C21H34N6O/c1-15(2)23-19-7-10-22-21(25-19)26-12-8-18(9-13-26)27-11-3-4-16(14-27)20(28)24-17-5-6-17/h7,10,15-18H,3-6,8-9,11-14H2,1-2H3,(H,24,28)(H,22,23,25). The first-order valence-corrected chi connectivity index (χ1v) is 11.0. The van der Waals surface area contributed by atoms with Crippen LogP contribution in [0.15, 0.2) is 12.3 Å². The Bertz CT molecular complexity index is 669. The zero-order valence-electron chi connectivity index (χ0n) is 17.2. The van der Waals surface area contributed by atoms with Crippen molar-refractivity contribution in [3.63, 3.8) is 0 Å². The first-order valence-electron chi connectivity index (χ1n) is 11.0. The fourth-order valence-electron chi connectivity index (χ4n) is 4.41. The van der Waals surface area contributed by atoms with Crippen LogP contribution in [-0.2, 0) is 4.79 Å². The molecule has 1 saturated carbocycles. The highest BCUT2D eigenvalue weighted by Crippen LogP contribution is 2.27. The minimum atomic E-state index is 0.175. The van der Waals surface area contributed by atoms with E-state index in [1.54, 1.807) is 0 Å². The second-order valence-electron chi connectivity index (χ2n) is 8.88. The summed E-state index contributed by atoms with van der Waals surface area (Å²) in [5.41, 5.74) is 0. The Labute approximate surface area is 168 Å². The number of carbonyl (C=O) groups is 1. The molecule has 7 heteroatoms. The predicted octanol–water partition coefficient (Wildman–Crippen LogP) is 2.26. The molecule has 1 atom stereocenters. The smallest absolute Gasteiger partial charge is 0.227 e. The SMILES string of the molecule is CC(C)Nc1ccnc(N2CCC(N3CCCC(C(=O)NC4CC4)C3)CC2)n1. The molecule has 1 aromatic rings. The van der Waals surface area contributed by atoms with E-state index in [-0.39, 0.29) is 11.8 Å². The van der Waals surface area contributed by atoms with Crippen LogP contribution in [0.2, 0.25) is 0 Å². The van der Waals surface area contributed by atoms with Gasteiger partial charge in [-0.2, -0.15) is 4.98 Å². The molecule has 0 radical (unpaired) electrons. The number of nitrogens with one attached hydrogen (secondary N) is 2. The summed E-state index contributed by atoms with van der Waals surface area (Å²) in [4.78, 5) is 26.5. The molecule has 1 aliphatic carbocycles. The molecular weight excluding hydrogens is 352 g/mol. The van der Waals surface area contributed by atoms with Crippen LogP contribution in [0, 0.1) is 5.92 Å². The molecule has 154 valence electrons. The number of piperidine rings is 2. The Morgan fingerprint density at radius 3 is 2.64 bits per heavy atom. The number of anilines is 2. The lowest BCUT2D eigenvalue weighted by molar-refractivity contribution is -0.127. The zero-order chi connectivity index (χ0) is 19.5. The fourth-order valence-corrected chi connectivity index (χ4v) is 4.41. The molecule has 0 spiro atoms. The van der Waals surface area contributed by atoms with Crippen LogP contribution in [0.5, 0.6) is 0 Å². The number of rotatable bonds is 6. The number of likely N-dealkylation sites (tertiary alicyclic amines) is 1. The van der Waals surface area contributed by atoms with E-state index in [4.69, 9.17) is 0 Å². The predicted molar refractivity (Wildman–Crippen MR) is 111 cm³/mol. The van der Waals surface area contributed by atoms with Gasteiger partial charge in [0, 0.05) is 44.0 Å². The molecule has 1 unspecified atom stereocenters. The third-order valence-electron chi connectivity index (χ3n) is 6.09. The monoisotopic (exact) mass is 386 g/mol. The van der Waals surface area contributed by atoms with E-state index in [1.165, 1.54) is 0 Å². The highest BCUT2D eigenvalue weighted by Gasteiger charge is 2.34. The van der Waals surface area contributed by atoms with Gasteiger partial charge in [-0.1, -0.05) is 0 Å². The number of amides is 1. The largest absolute Gasteiger partial charge is 0.368 e. The first kappa shape index (κ1) is 19.4. The highest BCUT2D eigenvalue weighted by atomic mass is 16.2. The van der Waals surface area contributed by atoms with Crippen LogP contribution < -0.4 is 15.5 Å². The summed E-state index contributed by atoms with van der Waals surface area (Å²) in [5, 5.41) is 6.55. The van der Waals surface area contributed by atoms with Gasteiger partial charge in [0.05, 0.1) is 5.92 Å². The molecule has 0 aromatic carbocycles. The van der Waals surface area contributed by atoms with E-state index in [1.807, 2.05) is 12.3 Å². The summed E-state index contributed by atoms with van der Waals surface area (Å²) >= 11 is 0. The van der Waals surface area contributed by atoms with E-state index < -0.39 is 0 Å². The molecule has 28 heavy (non-hydrogen) atoms. The number of nitrogens with zero attached hydrogens (tertiary/aromatic N) is 4. The van der Waals surface area contributed by atoms with Gasteiger partial charge in [-0.05, 0) is 65.0 Å². The van der Waals surface area contributed by atoms with Crippen molar-refractivity contribution >= 4 is 17.7 Å². The molecule has 0 bridgehead atoms. The lowest BCUT2D eigenvalue weighted by atomic mass is 9.93. The third kappa shape index (κ3) is 4.93. The van der Waals surface area contributed by atoms with E-state index in [0.717, 1.165) is 76.5 Å². The summed E-state index contributed by atoms with van der Waals surface area (Å²) in [6.45, 7) is 8.24. The van der Waals surface area contributed by atoms with Gasteiger partial charge in [0.1, 0.15) is 5.82 Å². The lowest BCUT2D eigenvalue weighted by Gasteiger charge is -2.42. The minimum Gasteiger partial charge on any atom is -0.368 e. The van der Waals surface area contributed by atoms with Gasteiger partial charge in [0.25, 0.3) is 0 Å². The first-order chi connectivity index (χ1) is 13.6. The van der Waals surface area contributed by atoms with Crippen LogP contribution in [0.4, 0.5) is 11.8 Å². The summed E-state index contributed by atoms with van der Waals surface area (Å²) in [5.74, 6) is 2.18. The van der Waals surface area contributed by atoms with Crippen LogP contribution in [-0.4, -0.2) is 65.1 Å². The van der Waals surface area contributed by atoms with E-state index in [2.05, 4.69) is 44.2 Å². The molecule has 1 aromatic heterocycles. The Morgan fingerprint density at radius 2 is 1.93 bits per heavy atom. The summed E-state index contributed by atoms with van der Waals surface area (Å²) < 4.78 is 0. The van der Waals surface area contributed by atoms with Gasteiger partial charge in [0.2, 0.25) is 11.9 Å². The van der Waals surface area contributed by atoms with Crippen molar-refractivity contribution in [3.05, 3.63) is 12.3 Å². The van der Waals surface area contributed by atoms with E-state index in [0.29, 0.717) is 18.1 Å². The second kappa shape index (κ2) is 8.64. The normalized spacial score (nSPS) is 24.4. The number of aromatic nitrogens is 2. The topological polar surface area (TPSA) is 73.4 Å². The molecular formula is C21H34N6O. The van der Waals surface area contributed by atoms with Gasteiger partial charge < -0.3 is 15.5 Å². The zero-order valence-corrected chi connectivity index (χ0v) is 17.2. The quantitative estimate of drug-likeness (QED) is 0.781. The summed E-state index contributed by atoms with van der Waals surface area (Å²) in [6.07, 6.45) is 8.57. The fraction of sp³-hybridized carbons (Fsp3) is 0.762. The molecule has 4 rings (SSSR count). The molecule has 2 saturated heterocycles. The Balaban J connectivity index is 1.29. The second-order valence-corrected chi connectivity index (χ2v) is 8.88. The van der Waals surface area contributed by atoms with Crippen molar-refractivity contribution in [3.8, 4) is 0 Å². The van der Waals surface area contributed by atoms with Gasteiger partial charge in [-0.15, -0.1) is 0 Å². The van der Waals surface area contributed by atoms with Gasteiger partial charge in [-0.3, -0.25) is 9.69 Å². The maximum atomic E-state index is 12.5. The molecule has 1 amide bonds. The van der Waals surface area contributed by atoms with Gasteiger partial charge in [0.15, 0.2) is 0 Å². The average molecular weight is 387 g/mol. The number of carbonyl (C=O) groups excluding carboxylic acids is 1. The molecule has 3 heterocycles. The minimum absolute atomic E-state index is 0.175. The van der Waals surface area contributed by atoms with Crippen LogP contribution in [0.25, 0.3) is 0 Å². The Hall–Kier alpha value is -1.89. The molecule has 2 aliphatic heterocycles. The molecule has 2 N–H and O–H groups in total. The maximum absolute atomic E-state index is 12.5. The number of hydrogen-bond donors (Lipinski definition) is 2. The van der Waals surface area contributed by atoms with Gasteiger partial charge in [-0.25, -0.2) is 4.98 Å². The Morgan fingerprint density at radius 1 is 1.14 bits per heavy atom. The van der Waals surface area contributed by atoms with E-state index >= 15 is 0 Å². The van der Waals surface area contributed by atoms with Crippen molar-refractivity contribution < 1.29 is 4.79 Å². The van der Waals surface area contributed by atoms with Crippen molar-refractivity contribution in [1.29, 1.82) is 0 Å². The Kier molecular flexibility index (Phi) is 5.99. The average Bonchev–Trinajstić information content (AvgIpc) is 3.52. The van der Waals surface area contributed by atoms with Gasteiger partial charge >= 0.3 is 0 Å². The van der Waals surface area contributed by atoms with Crippen molar-refractivity contribution in [2.75, 3.05) is 36.4 Å². The maximum Gasteiger partial charge on any atom is 0.227 e. The molecule has 7 nitrogen and oxygen atoms in total. The highest BCUT2D eigenvalue weighted by molar-refractivity contribution is 5.79.